The van der Waals surface area contributed by atoms with Crippen molar-refractivity contribution in [3.63, 3.8) is 0 Å². The molecule has 0 bridgehead atoms. The summed E-state index contributed by atoms with van der Waals surface area (Å²) in [6.45, 7) is 1.93. The Balaban J connectivity index is 2.88. The monoisotopic (exact) mass is 125 g/mol. The van der Waals surface area contributed by atoms with Crippen molar-refractivity contribution in [2.45, 2.75) is 13.3 Å². The molecule has 1 aromatic rings. The van der Waals surface area contributed by atoms with Crippen molar-refractivity contribution in [1.29, 1.82) is 0 Å². The highest BCUT2D eigenvalue weighted by Gasteiger charge is 1.91. The highest BCUT2D eigenvalue weighted by atomic mass is 15.3. The summed E-state index contributed by atoms with van der Waals surface area (Å²) in [7, 11) is 0. The molecule has 9 heavy (non-hydrogen) atoms. The van der Waals surface area contributed by atoms with E-state index in [2.05, 4.69) is 20.4 Å². The Bertz CT molecular complexity index is 181. The molecule has 48 valence electrons. The van der Waals surface area contributed by atoms with Gasteiger partial charge in [-0.15, -0.1) is 20.4 Å². The third kappa shape index (κ3) is 1.31. The molecule has 1 heterocycles. The fourth-order valence-electron chi connectivity index (χ4n) is 0.399. The molecule has 0 fully saturated rings. The van der Waals surface area contributed by atoms with Gasteiger partial charge in [-0.3, -0.25) is 0 Å². The smallest absolute Gasteiger partial charge is 0.259 e. The number of aromatic nitrogens is 4. The van der Waals surface area contributed by atoms with Gasteiger partial charge < -0.3 is 5.73 Å². The van der Waals surface area contributed by atoms with Crippen molar-refractivity contribution < 1.29 is 0 Å². The van der Waals surface area contributed by atoms with E-state index in [1.165, 1.54) is 0 Å². The van der Waals surface area contributed by atoms with Gasteiger partial charge in [-0.1, -0.05) is 6.92 Å². The average molecular weight is 125 g/mol. The van der Waals surface area contributed by atoms with Gasteiger partial charge in [0.25, 0.3) is 5.95 Å². The molecule has 0 amide bonds. The molecule has 0 saturated heterocycles. The van der Waals surface area contributed by atoms with E-state index >= 15 is 0 Å². The number of hydrogen-bond donors (Lipinski definition) is 1. The first-order valence-electron chi connectivity index (χ1n) is 2.64. The summed E-state index contributed by atoms with van der Waals surface area (Å²) in [6.07, 6.45) is 0.736. The van der Waals surface area contributed by atoms with Crippen LogP contribution in [-0.4, -0.2) is 20.4 Å². The Morgan fingerprint density at radius 1 is 1.22 bits per heavy atom. The Hall–Kier alpha value is -1.26. The number of nitrogens with two attached hydrogens (primary N) is 1. The summed E-state index contributed by atoms with van der Waals surface area (Å²) in [6, 6.07) is 0. The number of nitrogen functional groups attached to an aromatic ring is 1. The third-order valence-electron chi connectivity index (χ3n) is 0.852. The molecule has 0 spiro atoms. The molecule has 0 unspecified atom stereocenters. The molecule has 0 saturated carbocycles. The first kappa shape index (κ1) is 5.87. The highest BCUT2D eigenvalue weighted by molar-refractivity contribution is 5.06. The summed E-state index contributed by atoms with van der Waals surface area (Å²) in [5.41, 5.74) is 5.13. The molecule has 0 atom stereocenters. The quantitative estimate of drug-likeness (QED) is 0.542. The summed E-state index contributed by atoms with van der Waals surface area (Å²) >= 11 is 0. The molecule has 0 aromatic carbocycles. The minimum absolute atomic E-state index is 0.118. The molecule has 1 rings (SSSR count). The van der Waals surface area contributed by atoms with Crippen LogP contribution in [0.1, 0.15) is 12.7 Å². The van der Waals surface area contributed by atoms with Gasteiger partial charge in [0.2, 0.25) is 0 Å². The van der Waals surface area contributed by atoms with Crippen LogP contribution >= 0.6 is 0 Å². The predicted molar refractivity (Wildman–Crippen MR) is 31.4 cm³/mol. The van der Waals surface area contributed by atoms with Crippen molar-refractivity contribution in [1.82, 2.24) is 20.4 Å². The zero-order valence-corrected chi connectivity index (χ0v) is 5.07. The van der Waals surface area contributed by atoms with E-state index in [1.807, 2.05) is 6.92 Å². The van der Waals surface area contributed by atoms with Crippen molar-refractivity contribution in [3.05, 3.63) is 5.82 Å². The molecule has 0 aliphatic carbocycles. The largest absolute Gasteiger partial charge is 0.365 e. The minimum atomic E-state index is 0.118. The number of aryl methyl sites for hydroxylation is 1. The lowest BCUT2D eigenvalue weighted by atomic mass is 10.5. The second kappa shape index (κ2) is 2.34. The maximum absolute atomic E-state index is 5.13. The van der Waals surface area contributed by atoms with Crippen LogP contribution in [0.4, 0.5) is 5.95 Å². The first-order valence-corrected chi connectivity index (χ1v) is 2.64. The van der Waals surface area contributed by atoms with Crippen LogP contribution in [0.15, 0.2) is 0 Å². The van der Waals surface area contributed by atoms with Crippen LogP contribution in [0.3, 0.4) is 0 Å². The lowest BCUT2D eigenvalue weighted by molar-refractivity contribution is 0.779. The van der Waals surface area contributed by atoms with Gasteiger partial charge in [0.05, 0.1) is 0 Å². The number of anilines is 1. The fraction of sp³-hybridized carbons (Fsp3) is 0.500. The second-order valence-corrected chi connectivity index (χ2v) is 1.53. The lowest BCUT2D eigenvalue weighted by Gasteiger charge is -1.89. The SMILES string of the molecule is CCc1nnc(N)nn1. The average Bonchev–Trinajstić information content (AvgIpc) is 1.90. The van der Waals surface area contributed by atoms with E-state index in [9.17, 15) is 0 Å². The van der Waals surface area contributed by atoms with Crippen molar-refractivity contribution in [3.8, 4) is 0 Å². The van der Waals surface area contributed by atoms with Gasteiger partial charge >= 0.3 is 0 Å². The van der Waals surface area contributed by atoms with E-state index in [0.29, 0.717) is 5.82 Å². The van der Waals surface area contributed by atoms with Crippen LogP contribution in [0.2, 0.25) is 0 Å². The normalized spacial score (nSPS) is 9.44. The molecule has 5 heteroatoms. The highest BCUT2D eigenvalue weighted by Crippen LogP contribution is 1.85. The van der Waals surface area contributed by atoms with Crippen LogP contribution in [0, 0.1) is 0 Å². The maximum Gasteiger partial charge on any atom is 0.259 e. The third-order valence-corrected chi connectivity index (χ3v) is 0.852. The predicted octanol–water partition coefficient (Wildman–Crippen LogP) is -0.589. The summed E-state index contributed by atoms with van der Waals surface area (Å²) in [5, 5.41) is 14.3. The first-order chi connectivity index (χ1) is 4.33. The molecule has 0 aliphatic heterocycles. The Labute approximate surface area is 52.3 Å². The zero-order chi connectivity index (χ0) is 6.69. The maximum atomic E-state index is 5.13. The summed E-state index contributed by atoms with van der Waals surface area (Å²) < 4.78 is 0. The van der Waals surface area contributed by atoms with Crippen LogP contribution in [-0.2, 0) is 6.42 Å². The molecular weight excluding hydrogens is 118 g/mol. The number of nitrogens with zero attached hydrogens (tertiary/aromatic N) is 4. The fourth-order valence-corrected chi connectivity index (χ4v) is 0.399. The number of hydrogen-bond acceptors (Lipinski definition) is 5. The van der Waals surface area contributed by atoms with Crippen molar-refractivity contribution in [2.75, 3.05) is 5.73 Å². The second-order valence-electron chi connectivity index (χ2n) is 1.53. The zero-order valence-electron chi connectivity index (χ0n) is 5.07. The van der Waals surface area contributed by atoms with E-state index < -0.39 is 0 Å². The lowest BCUT2D eigenvalue weighted by Crippen LogP contribution is -2.03. The van der Waals surface area contributed by atoms with E-state index in [4.69, 9.17) is 5.73 Å². The molecule has 1 aromatic heterocycles. The molecule has 0 aliphatic rings. The Morgan fingerprint density at radius 3 is 2.22 bits per heavy atom. The van der Waals surface area contributed by atoms with Crippen molar-refractivity contribution in [2.24, 2.45) is 0 Å². The number of rotatable bonds is 1. The summed E-state index contributed by atoms with van der Waals surface area (Å²) in [4.78, 5) is 0. The Kier molecular flexibility index (Phi) is 1.53. The van der Waals surface area contributed by atoms with E-state index in [0.717, 1.165) is 6.42 Å². The minimum Gasteiger partial charge on any atom is -0.365 e. The van der Waals surface area contributed by atoms with Gasteiger partial charge in [0.15, 0.2) is 5.82 Å². The standard InChI is InChI=1S/C4H7N5/c1-2-3-6-8-4(5)9-7-3/h2H2,1H3,(H2,5,8,9). The van der Waals surface area contributed by atoms with E-state index in [1.54, 1.807) is 0 Å². The topological polar surface area (TPSA) is 77.6 Å². The van der Waals surface area contributed by atoms with E-state index in [-0.39, 0.29) is 5.95 Å². The van der Waals surface area contributed by atoms with Crippen molar-refractivity contribution >= 4 is 5.95 Å². The van der Waals surface area contributed by atoms with Gasteiger partial charge in [0, 0.05) is 6.42 Å². The van der Waals surface area contributed by atoms with Crippen LogP contribution in [0.25, 0.3) is 0 Å². The molecule has 2 N–H and O–H groups in total. The molecule has 0 radical (unpaired) electrons. The summed E-state index contributed by atoms with van der Waals surface area (Å²) in [5.74, 6) is 0.733. The van der Waals surface area contributed by atoms with Gasteiger partial charge in [-0.05, 0) is 0 Å². The van der Waals surface area contributed by atoms with Crippen LogP contribution in [0.5, 0.6) is 0 Å². The van der Waals surface area contributed by atoms with Gasteiger partial charge in [-0.2, -0.15) is 0 Å². The molecular formula is C4H7N5. The van der Waals surface area contributed by atoms with Gasteiger partial charge in [0.1, 0.15) is 0 Å². The Morgan fingerprint density at radius 2 is 1.78 bits per heavy atom. The van der Waals surface area contributed by atoms with Gasteiger partial charge in [-0.25, -0.2) is 0 Å². The molecule has 5 nitrogen and oxygen atoms in total. The van der Waals surface area contributed by atoms with Crippen LogP contribution < -0.4 is 5.73 Å².